The zero-order chi connectivity index (χ0) is 57.3. The van der Waals surface area contributed by atoms with E-state index >= 15 is 0 Å². The summed E-state index contributed by atoms with van der Waals surface area (Å²) in [5.74, 6) is -3.52. The third-order valence-electron chi connectivity index (χ3n) is 15.2. The van der Waals surface area contributed by atoms with E-state index in [9.17, 15) is 43.8 Å². The fourth-order valence-electron chi connectivity index (χ4n) is 10.5. The summed E-state index contributed by atoms with van der Waals surface area (Å²) in [6.45, 7) is 8.76. The fraction of sp³-hybridized carbons (Fsp3) is 0.492. The molecule has 0 bridgehead atoms. The second kappa shape index (κ2) is 29.2. The van der Waals surface area contributed by atoms with E-state index in [1.807, 2.05) is 67.6 Å². The summed E-state index contributed by atoms with van der Waals surface area (Å²) in [6, 6.07) is 22.5. The molecule has 19 nitrogen and oxygen atoms in total. The summed E-state index contributed by atoms with van der Waals surface area (Å²) >= 11 is 0. The smallest absolute Gasteiger partial charge is 0.251 e. The Balaban J connectivity index is 1.14. The molecule has 430 valence electrons. The second-order valence-electron chi connectivity index (χ2n) is 21.3. The highest BCUT2D eigenvalue weighted by molar-refractivity contribution is 6.00. The highest BCUT2D eigenvalue weighted by Crippen LogP contribution is 2.29. The number of hydrogen-bond acceptors (Lipinski definition) is 12. The van der Waals surface area contributed by atoms with Crippen LogP contribution in [0.4, 0.5) is 0 Å². The molecule has 8 N–H and O–H groups in total. The highest BCUT2D eigenvalue weighted by atomic mass is 16.5. The first-order valence-electron chi connectivity index (χ1n) is 28.4. The Morgan fingerprint density at radius 2 is 1.19 bits per heavy atom. The van der Waals surface area contributed by atoms with Crippen LogP contribution >= 0.6 is 0 Å². The first-order chi connectivity index (χ1) is 38.6. The normalized spacial score (nSPS) is 24.4. The minimum Gasteiger partial charge on any atom is -0.508 e. The molecule has 3 saturated heterocycles. The van der Waals surface area contributed by atoms with Gasteiger partial charge in [-0.15, -0.1) is 0 Å². The van der Waals surface area contributed by atoms with E-state index < -0.39 is 89.9 Å². The number of hydrogen-bond donors (Lipinski definition) is 8. The van der Waals surface area contributed by atoms with Gasteiger partial charge in [-0.2, -0.15) is 0 Å². The molecule has 0 radical (unpaired) electrons. The number of aryl methyl sites for hydroxylation is 1. The molecular formula is C61H80N8O11. The average molecular weight is 1100 g/mol. The van der Waals surface area contributed by atoms with Crippen LogP contribution in [0.2, 0.25) is 0 Å². The number of unbranched alkanes of at least 4 members (excludes halogenated alkanes) is 2. The summed E-state index contributed by atoms with van der Waals surface area (Å²) in [5, 5.41) is 38.2. The van der Waals surface area contributed by atoms with Gasteiger partial charge in [-0.05, 0) is 129 Å². The molecule has 7 rings (SSSR count). The maximum Gasteiger partial charge on any atom is 0.251 e. The van der Waals surface area contributed by atoms with E-state index in [2.05, 4.69) is 38.8 Å². The lowest BCUT2D eigenvalue weighted by molar-refractivity contribution is -0.143. The predicted octanol–water partition coefficient (Wildman–Crippen LogP) is 4.97. The minimum absolute atomic E-state index is 0.0143. The average Bonchev–Trinajstić information content (AvgIpc) is 4.11. The maximum absolute atomic E-state index is 14.6. The first kappa shape index (κ1) is 60.3. The molecule has 6 unspecified atom stereocenters. The molecule has 3 aliphatic rings. The Bertz CT molecular complexity index is 2730. The van der Waals surface area contributed by atoms with Crippen molar-refractivity contribution >= 4 is 41.4 Å². The molecule has 0 saturated carbocycles. The molecule has 7 amide bonds. The number of benzene rings is 4. The molecular weight excluding hydrogens is 1020 g/mol. The summed E-state index contributed by atoms with van der Waals surface area (Å²) in [4.78, 5) is 104. The third-order valence-corrected chi connectivity index (χ3v) is 15.2. The molecule has 0 spiro atoms. The molecule has 4 aromatic carbocycles. The fourth-order valence-corrected chi connectivity index (χ4v) is 10.5. The molecule has 3 fully saturated rings. The van der Waals surface area contributed by atoms with Gasteiger partial charge >= 0.3 is 0 Å². The van der Waals surface area contributed by atoms with E-state index in [0.717, 1.165) is 52.8 Å². The minimum atomic E-state index is -1.27. The van der Waals surface area contributed by atoms with Crippen LogP contribution in [0.5, 0.6) is 11.5 Å². The molecule has 0 aromatic heterocycles. The van der Waals surface area contributed by atoms with Gasteiger partial charge in [0.15, 0.2) is 0 Å². The van der Waals surface area contributed by atoms with Crippen molar-refractivity contribution in [3.63, 3.8) is 0 Å². The lowest BCUT2D eigenvalue weighted by Crippen LogP contribution is -2.59. The number of fused-ring (bicyclic) bond motifs is 2. The lowest BCUT2D eigenvalue weighted by atomic mass is 9.99. The van der Waals surface area contributed by atoms with E-state index in [1.54, 1.807) is 45.2 Å². The summed E-state index contributed by atoms with van der Waals surface area (Å²) in [5.41, 5.74) is 4.87. The van der Waals surface area contributed by atoms with Crippen LogP contribution in [0.15, 0.2) is 97.1 Å². The quantitative estimate of drug-likeness (QED) is 0.0615. The molecule has 0 aliphatic carbocycles. The van der Waals surface area contributed by atoms with Crippen molar-refractivity contribution < 1.29 is 53.2 Å². The van der Waals surface area contributed by atoms with Crippen LogP contribution < -0.4 is 36.6 Å². The number of carbonyl (C=O) groups excluding carboxylic acids is 7. The largest absolute Gasteiger partial charge is 0.508 e. The van der Waals surface area contributed by atoms with Crippen molar-refractivity contribution in [1.29, 1.82) is 0 Å². The van der Waals surface area contributed by atoms with Crippen molar-refractivity contribution in [2.24, 2.45) is 5.92 Å². The van der Waals surface area contributed by atoms with Crippen LogP contribution in [0.3, 0.4) is 0 Å². The van der Waals surface area contributed by atoms with Crippen molar-refractivity contribution in [3.05, 3.63) is 108 Å². The Hall–Kier alpha value is -7.35. The van der Waals surface area contributed by atoms with Gasteiger partial charge in [-0.1, -0.05) is 101 Å². The number of rotatable bonds is 18. The molecule has 19 heteroatoms. The van der Waals surface area contributed by atoms with Crippen LogP contribution in [0.25, 0.3) is 22.3 Å². The van der Waals surface area contributed by atoms with Gasteiger partial charge < -0.3 is 61.4 Å². The van der Waals surface area contributed by atoms with E-state index in [4.69, 9.17) is 9.47 Å². The van der Waals surface area contributed by atoms with Crippen molar-refractivity contribution in [3.8, 4) is 33.8 Å². The Labute approximate surface area is 469 Å². The second-order valence-corrected chi connectivity index (χ2v) is 21.3. The molecule has 3 heterocycles. The summed E-state index contributed by atoms with van der Waals surface area (Å²) in [6.07, 6.45) is 1.86. The van der Waals surface area contributed by atoms with Crippen LogP contribution in [-0.2, 0) is 39.9 Å². The van der Waals surface area contributed by atoms with E-state index in [-0.39, 0.29) is 81.9 Å². The van der Waals surface area contributed by atoms with Gasteiger partial charge in [0.1, 0.15) is 54.0 Å². The number of nitrogens with zero attached hydrogens (tertiary/aromatic N) is 2. The molecule has 4 aromatic rings. The lowest BCUT2D eigenvalue weighted by Gasteiger charge is -2.31. The van der Waals surface area contributed by atoms with Crippen molar-refractivity contribution in [2.45, 2.75) is 147 Å². The van der Waals surface area contributed by atoms with Crippen LogP contribution in [-0.4, -0.2) is 150 Å². The molecule has 9 atom stereocenters. The number of phenols is 1. The Morgan fingerprint density at radius 3 is 1.79 bits per heavy atom. The number of amides is 7. The number of aliphatic hydroxyl groups is 1. The van der Waals surface area contributed by atoms with Crippen LogP contribution in [0, 0.1) is 5.92 Å². The van der Waals surface area contributed by atoms with Crippen molar-refractivity contribution in [1.82, 2.24) is 41.7 Å². The number of nitrogens with one attached hydrogen (secondary N) is 6. The van der Waals surface area contributed by atoms with Crippen LogP contribution in [0.1, 0.15) is 108 Å². The van der Waals surface area contributed by atoms with Gasteiger partial charge in [0.05, 0.1) is 19.3 Å². The topological polar surface area (TPSA) is 257 Å². The monoisotopic (exact) mass is 1100 g/mol. The SMILES string of the molecule is CCCCCOc1ccc(-c2ccc(-c3ccc(C(=O)N[C@H]4CCC(OCCNC)NC(=O)C5C[C@@H](C)CN5C(=O)C(CC)NC(=O)C(CCc5ccc(O)cc5)NC(=O)C5C[C@@H](O)CN5C(=O)C(CC)NC4=O)cc3)cc2)cc1. The predicted molar refractivity (Wildman–Crippen MR) is 303 cm³/mol. The number of aromatic hydroxyl groups is 1. The number of phenolic OH excluding ortho intramolecular Hbond substituents is 1. The van der Waals surface area contributed by atoms with Crippen molar-refractivity contribution in [2.75, 3.05) is 39.9 Å². The maximum atomic E-state index is 14.6. The van der Waals surface area contributed by atoms with Gasteiger partial charge in [0.2, 0.25) is 35.4 Å². The van der Waals surface area contributed by atoms with Gasteiger partial charge in [0, 0.05) is 31.6 Å². The number of carbonyl (C=O) groups is 7. The number of likely N-dealkylation sites (N-methyl/N-ethyl adjacent to an activating group) is 1. The highest BCUT2D eigenvalue weighted by Gasteiger charge is 2.44. The Kier molecular flexibility index (Phi) is 22.0. The Morgan fingerprint density at radius 1 is 0.637 bits per heavy atom. The standard InChI is InChI=1S/C61H80N8O11/c1-6-9-10-32-79-47-26-22-43(23-27-47)41-16-14-40(15-17-41)42-18-20-44(21-19-42)55(72)65-51-29-30-54(80-33-31-62-5)67-59(76)52-34-38(4)36-68(52)60(77)48(7-2)63-56(73)50(28-13-39-11-24-45(70)25-12-39)66-58(75)53-35-46(71)37-69(53)61(78)49(8-3)64-57(51)74/h11-12,14-27,38,46,48-54,62,70-71H,6-10,13,28-37H2,1-5H3,(H,63,73)(H,64,74)(H,65,72)(H,66,75)(H,67,76)/t38-,46-,48?,49?,50?,51+,52?,53?,54?/m1/s1. The van der Waals surface area contributed by atoms with Gasteiger partial charge in [0.25, 0.3) is 5.91 Å². The van der Waals surface area contributed by atoms with Gasteiger partial charge in [-0.25, -0.2) is 0 Å². The van der Waals surface area contributed by atoms with E-state index in [0.29, 0.717) is 19.6 Å². The molecule has 80 heavy (non-hydrogen) atoms. The number of ether oxygens (including phenoxy) is 2. The summed E-state index contributed by atoms with van der Waals surface area (Å²) < 4.78 is 12.1. The summed E-state index contributed by atoms with van der Waals surface area (Å²) in [7, 11) is 1.75. The third kappa shape index (κ3) is 16.2. The molecule has 3 aliphatic heterocycles. The number of aliphatic hydroxyl groups excluding tert-OH is 1. The zero-order valence-electron chi connectivity index (χ0n) is 46.7. The zero-order valence-corrected chi connectivity index (χ0v) is 46.7. The van der Waals surface area contributed by atoms with E-state index in [1.165, 1.54) is 21.9 Å². The van der Waals surface area contributed by atoms with Gasteiger partial charge in [-0.3, -0.25) is 33.6 Å². The first-order valence-corrected chi connectivity index (χ1v) is 28.4.